The number of ether oxygens (including phenoxy) is 2. The second-order valence-electron chi connectivity index (χ2n) is 9.39. The van der Waals surface area contributed by atoms with Crippen LogP contribution in [0.3, 0.4) is 0 Å². The lowest BCUT2D eigenvalue weighted by Gasteiger charge is -2.41. The smallest absolute Gasteiger partial charge is 0.494 e. The van der Waals surface area contributed by atoms with Crippen molar-refractivity contribution in [1.82, 2.24) is 0 Å². The van der Waals surface area contributed by atoms with Crippen LogP contribution in [0.1, 0.15) is 75.5 Å². The van der Waals surface area contributed by atoms with Crippen molar-refractivity contribution in [2.75, 3.05) is 13.2 Å². The molecule has 0 aromatic heterocycles. The average Bonchev–Trinajstić information content (AvgIpc) is 2.87. The van der Waals surface area contributed by atoms with Crippen LogP contribution in [0.25, 0.3) is 0 Å². The molecule has 0 N–H and O–H groups in total. The molecule has 0 amide bonds. The van der Waals surface area contributed by atoms with Gasteiger partial charge in [-0.2, -0.15) is 13.2 Å². The van der Waals surface area contributed by atoms with Gasteiger partial charge in [-0.1, -0.05) is 63.3 Å². The van der Waals surface area contributed by atoms with Gasteiger partial charge in [0, 0.05) is 0 Å². The van der Waals surface area contributed by atoms with E-state index >= 15 is 0 Å². The summed E-state index contributed by atoms with van der Waals surface area (Å²) in [5.41, 5.74) is 1.02. The third-order valence-electron chi connectivity index (χ3n) is 6.71. The highest BCUT2D eigenvalue weighted by Crippen LogP contribution is 2.36. The summed E-state index contributed by atoms with van der Waals surface area (Å²) in [6, 6.07) is 13.0. The molecule has 8 heteroatoms. The van der Waals surface area contributed by atoms with Crippen molar-refractivity contribution in [2.45, 2.75) is 82.8 Å². The minimum atomic E-state index is -4.34. The fraction of sp³-hybridized carbons (Fsp3) is 0.556. The van der Waals surface area contributed by atoms with Crippen molar-refractivity contribution in [3.05, 3.63) is 59.7 Å². The zero-order valence-electron chi connectivity index (χ0n) is 20.3. The molecule has 190 valence electrons. The molecule has 2 aromatic rings. The Bertz CT molecular complexity index is 904. The molecule has 0 radical (unpaired) electrons. The summed E-state index contributed by atoms with van der Waals surface area (Å²) in [5, 5.41) is 0. The largest absolute Gasteiger partial charge is 0.494 e. The third-order valence-corrected chi connectivity index (χ3v) is 6.71. The summed E-state index contributed by atoms with van der Waals surface area (Å²) < 4.78 is 62.6. The first-order valence-corrected chi connectivity index (χ1v) is 12.8. The Kier molecular flexibility index (Phi) is 9.14. The van der Waals surface area contributed by atoms with Gasteiger partial charge < -0.3 is 18.8 Å². The number of rotatable bonds is 10. The maximum Gasteiger partial charge on any atom is 0.494 e. The lowest BCUT2D eigenvalue weighted by atomic mass is 9.76. The van der Waals surface area contributed by atoms with E-state index in [1.54, 1.807) is 0 Å². The SMILES string of the molecule is CCCCCCCCOc1ccc(B2OC[C@H]3O[C@@H](c4ccc(C(F)(F)F)cc4)CC[C@@H]3O2)cc1. The molecule has 2 aliphatic heterocycles. The fourth-order valence-corrected chi connectivity index (χ4v) is 4.65. The van der Waals surface area contributed by atoms with E-state index < -0.39 is 18.9 Å². The lowest BCUT2D eigenvalue weighted by molar-refractivity contribution is -0.150. The number of hydrogen-bond acceptors (Lipinski definition) is 4. The van der Waals surface area contributed by atoms with Gasteiger partial charge in [-0.3, -0.25) is 0 Å². The third kappa shape index (κ3) is 7.24. The van der Waals surface area contributed by atoms with Crippen molar-refractivity contribution < 1.29 is 32.0 Å². The van der Waals surface area contributed by atoms with Gasteiger partial charge in [0.05, 0.1) is 31.0 Å². The molecule has 2 aromatic carbocycles. The maximum atomic E-state index is 12.8. The molecule has 2 saturated heterocycles. The summed E-state index contributed by atoms with van der Waals surface area (Å²) in [4.78, 5) is 0. The highest BCUT2D eigenvalue weighted by molar-refractivity contribution is 6.61. The minimum absolute atomic E-state index is 0.108. The van der Waals surface area contributed by atoms with Gasteiger partial charge in [0.2, 0.25) is 0 Å². The van der Waals surface area contributed by atoms with E-state index in [1.165, 1.54) is 44.2 Å². The zero-order valence-corrected chi connectivity index (χ0v) is 20.3. The number of benzene rings is 2. The van der Waals surface area contributed by atoms with E-state index in [0.717, 1.165) is 48.4 Å². The van der Waals surface area contributed by atoms with E-state index in [1.807, 2.05) is 24.3 Å². The first-order chi connectivity index (χ1) is 16.9. The molecular formula is C27H34BF3O4. The normalized spacial score (nSPS) is 22.6. The Labute approximate surface area is 206 Å². The van der Waals surface area contributed by atoms with Crippen molar-refractivity contribution in [1.29, 1.82) is 0 Å². The van der Waals surface area contributed by atoms with Crippen LogP contribution < -0.4 is 10.2 Å². The highest BCUT2D eigenvalue weighted by Gasteiger charge is 2.41. The number of unbranched alkanes of at least 4 members (excludes halogenated alkanes) is 5. The first-order valence-electron chi connectivity index (χ1n) is 12.8. The summed E-state index contributed by atoms with van der Waals surface area (Å²) in [7, 11) is -0.463. The Morgan fingerprint density at radius 2 is 1.60 bits per heavy atom. The molecule has 0 spiro atoms. The minimum Gasteiger partial charge on any atom is -0.494 e. The number of alkyl halides is 3. The summed E-state index contributed by atoms with van der Waals surface area (Å²) in [6.45, 7) is 3.32. The molecule has 2 fully saturated rings. The molecule has 4 rings (SSSR count). The van der Waals surface area contributed by atoms with Crippen LogP contribution in [0, 0.1) is 0 Å². The maximum absolute atomic E-state index is 12.8. The van der Waals surface area contributed by atoms with Gasteiger partial charge in [-0.05, 0) is 54.6 Å². The van der Waals surface area contributed by atoms with Gasteiger partial charge in [-0.25, -0.2) is 0 Å². The molecule has 4 nitrogen and oxygen atoms in total. The summed E-state index contributed by atoms with van der Waals surface area (Å²) >= 11 is 0. The molecule has 0 saturated carbocycles. The molecule has 0 aliphatic carbocycles. The second-order valence-corrected chi connectivity index (χ2v) is 9.39. The zero-order chi connectivity index (χ0) is 24.7. The van der Waals surface area contributed by atoms with Gasteiger partial charge in [0.1, 0.15) is 11.9 Å². The van der Waals surface area contributed by atoms with Crippen molar-refractivity contribution in [2.24, 2.45) is 0 Å². The Morgan fingerprint density at radius 3 is 2.31 bits per heavy atom. The van der Waals surface area contributed by atoms with Crippen LogP contribution in [0.2, 0.25) is 0 Å². The van der Waals surface area contributed by atoms with Crippen molar-refractivity contribution in [3.8, 4) is 5.75 Å². The Balaban J connectivity index is 1.22. The summed E-state index contributed by atoms with van der Waals surface area (Å²) in [6.07, 6.45) is 3.90. The quantitative estimate of drug-likeness (QED) is 0.282. The Hall–Kier alpha value is -2.03. The number of halogens is 3. The van der Waals surface area contributed by atoms with Crippen LogP contribution in [0.15, 0.2) is 48.5 Å². The van der Waals surface area contributed by atoms with E-state index in [4.69, 9.17) is 18.8 Å². The standard InChI is InChI=1S/C27H34BF3O4/c1-2-3-4-5-6-7-18-32-23-14-12-22(13-15-23)28-33-19-26-25(35-28)17-16-24(34-26)20-8-10-21(11-9-20)27(29,30)31/h8-15,24-26H,2-7,16-19H2,1H3/t24-,25+,26-/m1/s1. The molecular weight excluding hydrogens is 456 g/mol. The predicted molar refractivity (Wildman–Crippen MR) is 130 cm³/mol. The Morgan fingerprint density at radius 1 is 0.886 bits per heavy atom. The molecule has 3 atom stereocenters. The molecule has 2 aliphatic rings. The topological polar surface area (TPSA) is 36.9 Å². The molecule has 2 heterocycles. The van der Waals surface area contributed by atoms with Crippen molar-refractivity contribution in [3.63, 3.8) is 0 Å². The summed E-state index contributed by atoms with van der Waals surface area (Å²) in [5.74, 6) is 0.844. The van der Waals surface area contributed by atoms with Crippen LogP contribution in [-0.4, -0.2) is 32.5 Å². The molecule has 35 heavy (non-hydrogen) atoms. The van der Waals surface area contributed by atoms with Crippen LogP contribution in [-0.2, 0) is 20.2 Å². The van der Waals surface area contributed by atoms with Gasteiger partial charge in [0.15, 0.2) is 0 Å². The number of fused-ring (bicyclic) bond motifs is 1. The predicted octanol–water partition coefficient (Wildman–Crippen LogP) is 6.48. The fourth-order valence-electron chi connectivity index (χ4n) is 4.65. The molecule has 0 bridgehead atoms. The lowest BCUT2D eigenvalue weighted by Crippen LogP contribution is -2.54. The van der Waals surface area contributed by atoms with Crippen LogP contribution >= 0.6 is 0 Å². The van der Waals surface area contributed by atoms with E-state index in [9.17, 15) is 13.2 Å². The van der Waals surface area contributed by atoms with Gasteiger partial charge >= 0.3 is 13.3 Å². The van der Waals surface area contributed by atoms with E-state index in [-0.39, 0.29) is 18.3 Å². The highest BCUT2D eigenvalue weighted by atomic mass is 19.4. The van der Waals surface area contributed by atoms with E-state index in [0.29, 0.717) is 13.0 Å². The molecule has 0 unspecified atom stereocenters. The van der Waals surface area contributed by atoms with Gasteiger partial charge in [-0.15, -0.1) is 0 Å². The van der Waals surface area contributed by atoms with E-state index in [2.05, 4.69) is 6.92 Å². The van der Waals surface area contributed by atoms with Crippen LogP contribution in [0.5, 0.6) is 5.75 Å². The first kappa shape index (κ1) is 26.0. The average molecular weight is 490 g/mol. The van der Waals surface area contributed by atoms with Crippen molar-refractivity contribution >= 4 is 12.6 Å². The van der Waals surface area contributed by atoms with Gasteiger partial charge in [0.25, 0.3) is 0 Å². The number of hydrogen-bond donors (Lipinski definition) is 0. The van der Waals surface area contributed by atoms with Crippen LogP contribution in [0.4, 0.5) is 13.2 Å². The monoisotopic (exact) mass is 490 g/mol. The second kappa shape index (κ2) is 12.3.